The summed E-state index contributed by atoms with van der Waals surface area (Å²) in [5, 5.41) is 2.95. The average molecular weight is 573 g/mol. The molecule has 42 heavy (non-hydrogen) atoms. The Bertz CT molecular complexity index is 1250. The van der Waals surface area contributed by atoms with Crippen molar-refractivity contribution < 1.29 is 23.8 Å². The van der Waals surface area contributed by atoms with Gasteiger partial charge in [0.15, 0.2) is 6.29 Å². The van der Waals surface area contributed by atoms with Crippen LogP contribution in [0.3, 0.4) is 0 Å². The molecule has 0 aromatic heterocycles. The zero-order valence-corrected chi connectivity index (χ0v) is 25.3. The molecule has 0 spiro atoms. The van der Waals surface area contributed by atoms with E-state index >= 15 is 0 Å². The van der Waals surface area contributed by atoms with Crippen molar-refractivity contribution in [2.24, 2.45) is 5.92 Å². The zero-order chi connectivity index (χ0) is 29.9. The first-order chi connectivity index (χ1) is 20.5. The molecule has 1 unspecified atom stereocenters. The quantitative estimate of drug-likeness (QED) is 0.213. The second kappa shape index (κ2) is 15.5. The molecule has 0 radical (unpaired) electrons. The summed E-state index contributed by atoms with van der Waals surface area (Å²) in [4.78, 5) is 29.1. The van der Waals surface area contributed by atoms with Crippen LogP contribution in [0.4, 0.5) is 4.79 Å². The van der Waals surface area contributed by atoms with Gasteiger partial charge in [0.2, 0.25) is 5.91 Å². The first kappa shape index (κ1) is 31.3. The van der Waals surface area contributed by atoms with Crippen LogP contribution in [0.5, 0.6) is 0 Å². The van der Waals surface area contributed by atoms with E-state index in [1.807, 2.05) is 61.5 Å². The number of amides is 2. The number of nitrogens with one attached hydrogen (secondary N) is 1. The van der Waals surface area contributed by atoms with Gasteiger partial charge in [0.25, 0.3) is 0 Å². The van der Waals surface area contributed by atoms with Gasteiger partial charge < -0.3 is 24.4 Å². The Labute approximate surface area is 250 Å². The zero-order valence-electron chi connectivity index (χ0n) is 25.3. The van der Waals surface area contributed by atoms with Crippen LogP contribution >= 0.6 is 0 Å². The van der Waals surface area contributed by atoms with Crippen molar-refractivity contribution >= 4 is 12.0 Å². The van der Waals surface area contributed by atoms with E-state index in [1.54, 1.807) is 19.1 Å². The number of hydrogen-bond donors (Lipinski definition) is 1. The van der Waals surface area contributed by atoms with Gasteiger partial charge in [-0.25, -0.2) is 4.79 Å². The maximum atomic E-state index is 14.1. The van der Waals surface area contributed by atoms with E-state index in [1.165, 1.54) is 11.1 Å². The van der Waals surface area contributed by atoms with Gasteiger partial charge >= 0.3 is 6.09 Å². The molecular formula is C35H44N2O5. The molecule has 2 atom stereocenters. The Morgan fingerprint density at radius 2 is 1.48 bits per heavy atom. The summed E-state index contributed by atoms with van der Waals surface area (Å²) in [6.07, 6.45) is 2.28. The Balaban J connectivity index is 1.49. The number of unbranched alkanes of at least 4 members (excludes halogenated alkanes) is 1. The summed E-state index contributed by atoms with van der Waals surface area (Å²) in [5.74, 6) is -0.302. The molecular weight excluding hydrogens is 528 g/mol. The Morgan fingerprint density at radius 1 is 0.881 bits per heavy atom. The predicted octanol–water partition coefficient (Wildman–Crippen LogP) is 6.41. The van der Waals surface area contributed by atoms with E-state index in [0.717, 1.165) is 36.0 Å². The topological polar surface area (TPSA) is 77.1 Å². The van der Waals surface area contributed by atoms with Crippen LogP contribution in [0, 0.1) is 5.92 Å². The van der Waals surface area contributed by atoms with Crippen LogP contribution in [0.2, 0.25) is 0 Å². The number of rotatable bonds is 15. The van der Waals surface area contributed by atoms with Crippen molar-refractivity contribution in [3.63, 3.8) is 0 Å². The fraction of sp³-hybridized carbons (Fsp3) is 0.429. The number of hydrogen-bond acceptors (Lipinski definition) is 5. The molecule has 2 amide bonds. The first-order valence-electron chi connectivity index (χ1n) is 15.0. The molecule has 3 aromatic rings. The van der Waals surface area contributed by atoms with Crippen LogP contribution in [0.1, 0.15) is 55.7 Å². The molecule has 0 saturated heterocycles. The first-order valence-corrected chi connectivity index (χ1v) is 15.0. The van der Waals surface area contributed by atoms with Gasteiger partial charge in [-0.15, -0.1) is 0 Å². The van der Waals surface area contributed by atoms with Crippen molar-refractivity contribution in [1.82, 2.24) is 10.2 Å². The maximum absolute atomic E-state index is 14.1. The van der Waals surface area contributed by atoms with E-state index in [-0.39, 0.29) is 30.9 Å². The summed E-state index contributed by atoms with van der Waals surface area (Å²) in [5.41, 5.74) is 5.76. The van der Waals surface area contributed by atoms with Crippen molar-refractivity contribution in [1.29, 1.82) is 0 Å². The number of alkyl carbamates (subject to hydrolysis) is 1. The molecule has 3 aromatic carbocycles. The second-order valence-electron chi connectivity index (χ2n) is 11.0. The van der Waals surface area contributed by atoms with Gasteiger partial charge in [0.1, 0.15) is 12.6 Å². The monoisotopic (exact) mass is 572 g/mol. The highest BCUT2D eigenvalue weighted by Gasteiger charge is 2.33. The molecule has 0 bridgehead atoms. The second-order valence-corrected chi connectivity index (χ2v) is 11.0. The Morgan fingerprint density at radius 3 is 2.07 bits per heavy atom. The smallest absolute Gasteiger partial charge is 0.407 e. The van der Waals surface area contributed by atoms with Crippen molar-refractivity contribution in [2.75, 3.05) is 33.9 Å². The molecule has 4 rings (SSSR count). The third kappa shape index (κ3) is 7.78. The number of ether oxygens (including phenoxy) is 3. The Hall–Kier alpha value is -3.68. The fourth-order valence-corrected chi connectivity index (χ4v) is 5.73. The van der Waals surface area contributed by atoms with Gasteiger partial charge in [-0.05, 0) is 46.6 Å². The van der Waals surface area contributed by atoms with Crippen LogP contribution in [0.25, 0.3) is 11.1 Å². The largest absolute Gasteiger partial charge is 0.449 e. The lowest BCUT2D eigenvalue weighted by molar-refractivity contribution is -0.148. The molecule has 0 heterocycles. The molecule has 1 aliphatic carbocycles. The summed E-state index contributed by atoms with van der Waals surface area (Å²) >= 11 is 0. The highest BCUT2D eigenvalue weighted by atomic mass is 16.7. The summed E-state index contributed by atoms with van der Waals surface area (Å²) in [6, 6.07) is 25.8. The minimum absolute atomic E-state index is 0.0543. The van der Waals surface area contributed by atoms with E-state index in [0.29, 0.717) is 13.0 Å². The van der Waals surface area contributed by atoms with E-state index in [4.69, 9.17) is 14.2 Å². The lowest BCUT2D eigenvalue weighted by Gasteiger charge is -2.32. The van der Waals surface area contributed by atoms with Gasteiger partial charge in [-0.1, -0.05) is 106 Å². The van der Waals surface area contributed by atoms with E-state index in [9.17, 15) is 9.59 Å². The SMILES string of the molecule is CCCC[C@H](C)C(NC(=O)OCC1c2ccccc2-c2ccccc21)C(=O)N(CCc1ccccc1)CC(OC)OC. The Kier molecular flexibility index (Phi) is 11.6. The van der Waals surface area contributed by atoms with E-state index < -0.39 is 18.4 Å². The van der Waals surface area contributed by atoms with Gasteiger partial charge in [-0.3, -0.25) is 4.79 Å². The third-order valence-corrected chi connectivity index (χ3v) is 8.19. The number of nitrogens with zero attached hydrogens (tertiary/aromatic N) is 1. The normalized spacial score (nSPS) is 13.7. The minimum Gasteiger partial charge on any atom is -0.449 e. The standard InChI is InChI=1S/C35H44N2O5/c1-5-6-14-25(2)33(34(38)37(23-32(40-3)41-4)22-21-26-15-8-7-9-16-26)36-35(39)42-24-31-29-19-12-10-17-27(29)28-18-11-13-20-30(28)31/h7-13,15-20,25,31-33H,5-6,14,21-24H2,1-4H3,(H,36,39)/t25-,33?/m0/s1. The number of fused-ring (bicyclic) bond motifs is 3. The fourth-order valence-electron chi connectivity index (χ4n) is 5.73. The molecule has 0 fully saturated rings. The van der Waals surface area contributed by atoms with Crippen molar-refractivity contribution in [2.45, 2.75) is 57.8 Å². The summed E-state index contributed by atoms with van der Waals surface area (Å²) < 4.78 is 16.7. The van der Waals surface area contributed by atoms with Crippen LogP contribution in [0.15, 0.2) is 78.9 Å². The highest BCUT2D eigenvalue weighted by Crippen LogP contribution is 2.44. The van der Waals surface area contributed by atoms with Crippen molar-refractivity contribution in [3.05, 3.63) is 95.6 Å². The number of carbonyl (C=O) groups excluding carboxylic acids is 2. The summed E-state index contributed by atoms with van der Waals surface area (Å²) in [7, 11) is 3.12. The maximum Gasteiger partial charge on any atom is 0.407 e. The summed E-state index contributed by atoms with van der Waals surface area (Å²) in [6.45, 7) is 5.05. The molecule has 1 N–H and O–H groups in total. The van der Waals surface area contributed by atoms with Crippen LogP contribution in [-0.4, -0.2) is 63.1 Å². The molecule has 7 nitrogen and oxygen atoms in total. The number of methoxy groups -OCH3 is 2. The minimum atomic E-state index is -0.739. The number of carbonyl (C=O) groups is 2. The van der Waals surface area contributed by atoms with Crippen LogP contribution in [-0.2, 0) is 25.4 Å². The highest BCUT2D eigenvalue weighted by molar-refractivity contribution is 5.86. The van der Waals surface area contributed by atoms with E-state index in [2.05, 4.69) is 36.5 Å². The third-order valence-electron chi connectivity index (χ3n) is 8.19. The average Bonchev–Trinajstić information content (AvgIpc) is 3.35. The van der Waals surface area contributed by atoms with Gasteiger partial charge in [-0.2, -0.15) is 0 Å². The lowest BCUT2D eigenvalue weighted by atomic mass is 9.94. The lowest BCUT2D eigenvalue weighted by Crippen LogP contribution is -2.54. The molecule has 224 valence electrons. The van der Waals surface area contributed by atoms with Crippen molar-refractivity contribution in [3.8, 4) is 11.1 Å². The molecule has 1 aliphatic rings. The molecule has 0 aliphatic heterocycles. The van der Waals surface area contributed by atoms with Gasteiger partial charge in [0.05, 0.1) is 6.54 Å². The van der Waals surface area contributed by atoms with Gasteiger partial charge in [0, 0.05) is 26.7 Å². The molecule has 0 saturated carbocycles. The van der Waals surface area contributed by atoms with Crippen LogP contribution < -0.4 is 5.32 Å². The number of benzene rings is 3. The molecule has 7 heteroatoms. The predicted molar refractivity (Wildman–Crippen MR) is 165 cm³/mol.